The summed E-state index contributed by atoms with van der Waals surface area (Å²) in [5, 5.41) is 19.8. The fraction of sp³-hybridized carbons (Fsp3) is 0.242. The number of carbonyl (C=O) groups excluding carboxylic acids is 2. The van der Waals surface area contributed by atoms with Gasteiger partial charge in [-0.2, -0.15) is 0 Å². The van der Waals surface area contributed by atoms with Gasteiger partial charge in [0.1, 0.15) is 33.6 Å². The molecule has 3 aromatic heterocycles. The largest absolute Gasteiger partial charge is 0.445 e. The van der Waals surface area contributed by atoms with Crippen LogP contribution >= 0.6 is 22.7 Å². The van der Waals surface area contributed by atoms with E-state index in [1.807, 2.05) is 35.7 Å². The number of nitrogens with zero attached hydrogens (tertiary/aromatic N) is 3. The van der Waals surface area contributed by atoms with Crippen LogP contribution in [0.5, 0.6) is 0 Å². The van der Waals surface area contributed by atoms with Crippen LogP contribution in [0.25, 0.3) is 22.0 Å². The topological polar surface area (TPSA) is 126 Å². The molecule has 0 radical (unpaired) electrons. The molecule has 45 heavy (non-hydrogen) atoms. The molecule has 0 saturated carbocycles. The van der Waals surface area contributed by atoms with Gasteiger partial charge in [-0.3, -0.25) is 4.79 Å². The molecule has 0 spiro atoms. The first-order valence-corrected chi connectivity index (χ1v) is 15.8. The van der Waals surface area contributed by atoms with Crippen molar-refractivity contribution in [1.82, 2.24) is 25.6 Å². The third-order valence-corrected chi connectivity index (χ3v) is 8.88. The van der Waals surface area contributed by atoms with Gasteiger partial charge in [0.15, 0.2) is 0 Å². The van der Waals surface area contributed by atoms with E-state index in [0.717, 1.165) is 5.56 Å². The van der Waals surface area contributed by atoms with Gasteiger partial charge < -0.3 is 20.5 Å². The average molecular weight is 646 g/mol. The SMILES string of the molecule is Cc1nc(-c2cscn2)sc1C(=O)NCC(C)(O)c1cc(C(C)(C)NC(=O)OCc2ccccc2)cc(-c2ccc(F)cc2)n1. The molecule has 0 bridgehead atoms. The number of hydrogen-bond acceptors (Lipinski definition) is 9. The zero-order chi connectivity index (χ0) is 32.2. The fourth-order valence-electron chi connectivity index (χ4n) is 4.48. The van der Waals surface area contributed by atoms with Gasteiger partial charge in [0, 0.05) is 10.9 Å². The maximum atomic E-state index is 13.7. The van der Waals surface area contributed by atoms with Crippen molar-refractivity contribution < 1.29 is 23.8 Å². The molecular weight excluding hydrogens is 614 g/mol. The van der Waals surface area contributed by atoms with Crippen molar-refractivity contribution in [3.63, 3.8) is 0 Å². The highest BCUT2D eigenvalue weighted by atomic mass is 32.1. The van der Waals surface area contributed by atoms with Gasteiger partial charge in [0.2, 0.25) is 0 Å². The fourth-order valence-corrected chi connectivity index (χ4v) is 6.04. The number of nitrogens with one attached hydrogen (secondary N) is 2. The van der Waals surface area contributed by atoms with E-state index in [1.54, 1.807) is 57.5 Å². The quantitative estimate of drug-likeness (QED) is 0.157. The van der Waals surface area contributed by atoms with Crippen LogP contribution in [0, 0.1) is 12.7 Å². The van der Waals surface area contributed by atoms with Gasteiger partial charge in [-0.15, -0.1) is 22.7 Å². The minimum Gasteiger partial charge on any atom is -0.445 e. The number of pyridine rings is 1. The summed E-state index contributed by atoms with van der Waals surface area (Å²) in [5.74, 6) is -0.783. The zero-order valence-corrected chi connectivity index (χ0v) is 26.8. The van der Waals surface area contributed by atoms with E-state index in [-0.39, 0.29) is 24.8 Å². The predicted octanol–water partition coefficient (Wildman–Crippen LogP) is 6.58. The monoisotopic (exact) mass is 645 g/mol. The standard InChI is InChI=1S/C33H32FN5O4S2/c1-20-28(45-30(37-20)26-17-44-19-36-26)29(40)35-18-33(4,42)27-15-23(14-25(38-27)22-10-12-24(34)13-11-22)32(2,3)39-31(41)43-16-21-8-6-5-7-9-21/h5-15,17,19,42H,16,18H2,1-4H3,(H,35,40)(H,39,41). The summed E-state index contributed by atoms with van der Waals surface area (Å²) in [6, 6.07) is 18.6. The molecule has 1 unspecified atom stereocenters. The first kappa shape index (κ1) is 31.9. The molecule has 0 aliphatic heterocycles. The van der Waals surface area contributed by atoms with E-state index in [4.69, 9.17) is 9.72 Å². The lowest BCUT2D eigenvalue weighted by molar-refractivity contribution is 0.0489. The Morgan fingerprint density at radius 2 is 1.73 bits per heavy atom. The van der Waals surface area contributed by atoms with E-state index in [2.05, 4.69) is 20.6 Å². The molecule has 5 aromatic rings. The Hall–Kier alpha value is -4.52. The number of carbonyl (C=O) groups is 2. The molecule has 2 aromatic carbocycles. The summed E-state index contributed by atoms with van der Waals surface area (Å²) in [4.78, 5) is 39.8. The van der Waals surface area contributed by atoms with Crippen molar-refractivity contribution in [3.8, 4) is 22.0 Å². The lowest BCUT2D eigenvalue weighted by atomic mass is 9.89. The number of halogens is 1. The van der Waals surface area contributed by atoms with Crippen LogP contribution in [0.1, 0.15) is 53.0 Å². The van der Waals surface area contributed by atoms with Crippen molar-refractivity contribution in [2.24, 2.45) is 0 Å². The Morgan fingerprint density at radius 3 is 2.42 bits per heavy atom. The molecule has 5 rings (SSSR count). The van der Waals surface area contributed by atoms with Crippen LogP contribution in [-0.2, 0) is 22.5 Å². The van der Waals surface area contributed by atoms with Crippen molar-refractivity contribution in [1.29, 1.82) is 0 Å². The summed E-state index contributed by atoms with van der Waals surface area (Å²) >= 11 is 2.67. The highest BCUT2D eigenvalue weighted by Crippen LogP contribution is 2.31. The number of aryl methyl sites for hydroxylation is 1. The van der Waals surface area contributed by atoms with Gasteiger partial charge in [-0.25, -0.2) is 24.1 Å². The second-order valence-electron chi connectivity index (χ2n) is 11.2. The van der Waals surface area contributed by atoms with Crippen molar-refractivity contribution >= 4 is 34.7 Å². The van der Waals surface area contributed by atoms with Crippen LogP contribution in [0.2, 0.25) is 0 Å². The van der Waals surface area contributed by atoms with Crippen molar-refractivity contribution in [3.05, 3.63) is 111 Å². The predicted molar refractivity (Wildman–Crippen MR) is 172 cm³/mol. The molecule has 2 amide bonds. The summed E-state index contributed by atoms with van der Waals surface area (Å²) in [6.07, 6.45) is -0.624. The second kappa shape index (κ2) is 13.2. The lowest BCUT2D eigenvalue weighted by Crippen LogP contribution is -2.42. The molecule has 0 aliphatic rings. The van der Waals surface area contributed by atoms with Gasteiger partial charge in [-0.05, 0) is 75.2 Å². The van der Waals surface area contributed by atoms with Crippen LogP contribution in [0.15, 0.2) is 77.6 Å². The Bertz CT molecular complexity index is 1790. The Morgan fingerprint density at radius 1 is 1.00 bits per heavy atom. The Labute approximate surface area is 268 Å². The Balaban J connectivity index is 1.38. The van der Waals surface area contributed by atoms with Gasteiger partial charge in [-0.1, -0.05) is 30.3 Å². The number of aliphatic hydroxyl groups is 1. The third-order valence-electron chi connectivity index (χ3n) is 7.11. The highest BCUT2D eigenvalue weighted by molar-refractivity contribution is 7.17. The maximum absolute atomic E-state index is 13.7. The third kappa shape index (κ3) is 7.77. The Kier molecular flexibility index (Phi) is 9.37. The first-order chi connectivity index (χ1) is 21.4. The number of aromatic nitrogens is 3. The van der Waals surface area contributed by atoms with Crippen molar-refractivity contribution in [2.45, 2.75) is 45.4 Å². The molecule has 232 valence electrons. The number of alkyl carbamates (subject to hydrolysis) is 1. The smallest absolute Gasteiger partial charge is 0.408 e. The van der Waals surface area contributed by atoms with E-state index in [1.165, 1.54) is 34.8 Å². The van der Waals surface area contributed by atoms with E-state index in [9.17, 15) is 19.1 Å². The lowest BCUT2D eigenvalue weighted by Gasteiger charge is -2.30. The molecule has 1 atom stereocenters. The number of hydrogen-bond donors (Lipinski definition) is 3. The van der Waals surface area contributed by atoms with E-state index < -0.39 is 23.1 Å². The molecular formula is C33H32FN5O4S2. The summed E-state index contributed by atoms with van der Waals surface area (Å²) in [6.45, 7) is 6.83. The average Bonchev–Trinajstić information content (AvgIpc) is 3.70. The normalized spacial score (nSPS) is 12.8. The van der Waals surface area contributed by atoms with Crippen LogP contribution < -0.4 is 10.6 Å². The molecule has 0 aliphatic carbocycles. The van der Waals surface area contributed by atoms with Crippen LogP contribution in [0.3, 0.4) is 0 Å². The molecule has 0 fully saturated rings. The van der Waals surface area contributed by atoms with Gasteiger partial charge >= 0.3 is 6.09 Å². The van der Waals surface area contributed by atoms with Crippen LogP contribution in [-0.4, -0.2) is 38.6 Å². The molecule has 3 N–H and O–H groups in total. The van der Waals surface area contributed by atoms with E-state index in [0.29, 0.717) is 38.1 Å². The summed E-state index contributed by atoms with van der Waals surface area (Å²) < 4.78 is 19.2. The van der Waals surface area contributed by atoms with Crippen molar-refractivity contribution in [2.75, 3.05) is 6.54 Å². The highest BCUT2D eigenvalue weighted by Gasteiger charge is 2.31. The van der Waals surface area contributed by atoms with Crippen LogP contribution in [0.4, 0.5) is 9.18 Å². The summed E-state index contributed by atoms with van der Waals surface area (Å²) in [5.41, 5.74) is 3.14. The molecule has 9 nitrogen and oxygen atoms in total. The molecule has 3 heterocycles. The maximum Gasteiger partial charge on any atom is 0.408 e. The zero-order valence-electron chi connectivity index (χ0n) is 25.1. The minimum absolute atomic E-state index is 0.101. The van der Waals surface area contributed by atoms with E-state index >= 15 is 0 Å². The molecule has 0 saturated heterocycles. The number of rotatable bonds is 10. The number of thiazole rings is 2. The number of amides is 2. The van der Waals surface area contributed by atoms with Gasteiger partial charge in [0.25, 0.3) is 5.91 Å². The van der Waals surface area contributed by atoms with Gasteiger partial charge in [0.05, 0.1) is 34.7 Å². The minimum atomic E-state index is -1.62. The second-order valence-corrected chi connectivity index (χ2v) is 12.9. The number of benzene rings is 2. The number of ether oxygens (including phenoxy) is 1. The first-order valence-electron chi connectivity index (χ1n) is 14.1. The summed E-state index contributed by atoms with van der Waals surface area (Å²) in [7, 11) is 0. The molecule has 12 heteroatoms.